The summed E-state index contributed by atoms with van der Waals surface area (Å²) >= 11 is 4.63. The average Bonchev–Trinajstić information content (AvgIpc) is 2.80. The second-order valence-corrected chi connectivity index (χ2v) is 7.46. The van der Waals surface area contributed by atoms with E-state index in [1.165, 1.54) is 28.5 Å². The van der Waals surface area contributed by atoms with Gasteiger partial charge in [-0.3, -0.25) is 9.88 Å². The van der Waals surface area contributed by atoms with Crippen LogP contribution >= 0.6 is 27.3 Å². The van der Waals surface area contributed by atoms with Gasteiger partial charge in [0, 0.05) is 18.3 Å². The molecule has 0 spiro atoms. The van der Waals surface area contributed by atoms with Crippen molar-refractivity contribution in [2.75, 3.05) is 11.4 Å². The summed E-state index contributed by atoms with van der Waals surface area (Å²) in [7, 11) is 0. The fourth-order valence-electron chi connectivity index (χ4n) is 1.78. The Hall–Kier alpha value is -1.54. The molecule has 23 heavy (non-hydrogen) atoms. The number of pyridine rings is 1. The topological polar surface area (TPSA) is 55.3 Å². The van der Waals surface area contributed by atoms with E-state index in [1.807, 2.05) is 27.7 Å². The van der Waals surface area contributed by atoms with Crippen molar-refractivity contribution in [3.63, 3.8) is 0 Å². The van der Waals surface area contributed by atoms with E-state index >= 15 is 0 Å². The second-order valence-electron chi connectivity index (χ2n) is 5.73. The van der Waals surface area contributed by atoms with Crippen LogP contribution in [-0.2, 0) is 4.74 Å². The molecule has 0 aliphatic carbocycles. The van der Waals surface area contributed by atoms with Crippen LogP contribution < -0.4 is 4.90 Å². The number of carbonyl (C=O) groups excluding carboxylic acids is 1. The van der Waals surface area contributed by atoms with E-state index in [9.17, 15) is 9.18 Å². The van der Waals surface area contributed by atoms with Crippen molar-refractivity contribution in [1.29, 1.82) is 0 Å². The van der Waals surface area contributed by atoms with Crippen LogP contribution in [0.15, 0.2) is 23.1 Å². The van der Waals surface area contributed by atoms with E-state index < -0.39 is 17.5 Å². The molecule has 0 unspecified atom stereocenters. The molecule has 0 aliphatic heterocycles. The Bertz CT molecular complexity index is 715. The summed E-state index contributed by atoms with van der Waals surface area (Å²) in [5, 5.41) is 1.18. The Morgan fingerprint density at radius 2 is 2.13 bits per heavy atom. The molecule has 2 heterocycles. The highest BCUT2D eigenvalue weighted by atomic mass is 79.9. The summed E-state index contributed by atoms with van der Waals surface area (Å²) < 4.78 is 19.2. The first-order valence-corrected chi connectivity index (χ1v) is 8.60. The molecule has 8 heteroatoms. The van der Waals surface area contributed by atoms with Crippen molar-refractivity contribution in [2.45, 2.75) is 33.3 Å². The van der Waals surface area contributed by atoms with Gasteiger partial charge >= 0.3 is 6.09 Å². The highest BCUT2D eigenvalue weighted by Gasteiger charge is 2.26. The van der Waals surface area contributed by atoms with Crippen molar-refractivity contribution < 1.29 is 13.9 Å². The summed E-state index contributed by atoms with van der Waals surface area (Å²) in [4.78, 5) is 22.0. The minimum absolute atomic E-state index is 0.427. The standard InChI is InChI=1S/C15H17BrFN3O2S/c1-5-20(14(21)22-15(2,3)4)13-11(16)19-12(23-13)9-6-10(17)8-18-7-9/h6-8H,5H2,1-4H3. The molecular formula is C15H17BrFN3O2S. The zero-order valence-electron chi connectivity index (χ0n) is 13.3. The molecule has 0 radical (unpaired) electrons. The fraction of sp³-hybridized carbons (Fsp3) is 0.400. The number of hydrogen-bond donors (Lipinski definition) is 0. The number of carbonyl (C=O) groups is 1. The average molecular weight is 402 g/mol. The lowest BCUT2D eigenvalue weighted by Crippen LogP contribution is -2.36. The van der Waals surface area contributed by atoms with Crippen molar-refractivity contribution in [3.8, 4) is 10.6 Å². The van der Waals surface area contributed by atoms with Gasteiger partial charge in [0.2, 0.25) is 0 Å². The molecule has 2 aromatic heterocycles. The molecule has 0 N–H and O–H groups in total. The quantitative estimate of drug-likeness (QED) is 0.735. The van der Waals surface area contributed by atoms with Crippen LogP contribution in [0.5, 0.6) is 0 Å². The Morgan fingerprint density at radius 1 is 1.43 bits per heavy atom. The van der Waals surface area contributed by atoms with E-state index in [-0.39, 0.29) is 0 Å². The van der Waals surface area contributed by atoms with Crippen LogP contribution in [0, 0.1) is 5.82 Å². The first kappa shape index (κ1) is 17.8. The lowest BCUT2D eigenvalue weighted by molar-refractivity contribution is 0.0583. The molecule has 0 saturated heterocycles. The Morgan fingerprint density at radius 3 is 2.70 bits per heavy atom. The molecule has 5 nitrogen and oxygen atoms in total. The van der Waals surface area contributed by atoms with Crippen LogP contribution in [0.2, 0.25) is 0 Å². The third-order valence-electron chi connectivity index (χ3n) is 2.70. The SMILES string of the molecule is CCN(C(=O)OC(C)(C)C)c1sc(-c2cncc(F)c2)nc1Br. The molecule has 0 atom stereocenters. The molecule has 2 rings (SSSR count). The number of thiazole rings is 1. The molecule has 0 bridgehead atoms. The van der Waals surface area contributed by atoms with E-state index in [1.54, 1.807) is 0 Å². The highest BCUT2D eigenvalue weighted by molar-refractivity contribution is 9.10. The van der Waals surface area contributed by atoms with Gasteiger partial charge in [-0.1, -0.05) is 11.3 Å². The van der Waals surface area contributed by atoms with Gasteiger partial charge in [-0.25, -0.2) is 14.2 Å². The van der Waals surface area contributed by atoms with Gasteiger partial charge in [-0.05, 0) is 49.7 Å². The van der Waals surface area contributed by atoms with Gasteiger partial charge in [0.1, 0.15) is 26.0 Å². The van der Waals surface area contributed by atoms with Gasteiger partial charge in [0.05, 0.1) is 6.20 Å². The van der Waals surface area contributed by atoms with Crippen molar-refractivity contribution in [1.82, 2.24) is 9.97 Å². The maximum Gasteiger partial charge on any atom is 0.415 e. The van der Waals surface area contributed by atoms with E-state index in [2.05, 4.69) is 25.9 Å². The molecule has 0 saturated carbocycles. The van der Waals surface area contributed by atoms with Crippen LogP contribution in [0.1, 0.15) is 27.7 Å². The highest BCUT2D eigenvalue weighted by Crippen LogP contribution is 2.38. The van der Waals surface area contributed by atoms with Crippen LogP contribution in [0.3, 0.4) is 0 Å². The first-order valence-electron chi connectivity index (χ1n) is 6.99. The third-order valence-corrected chi connectivity index (χ3v) is 4.64. The smallest absolute Gasteiger partial charge is 0.415 e. The number of aromatic nitrogens is 2. The van der Waals surface area contributed by atoms with Crippen molar-refractivity contribution >= 4 is 38.4 Å². The fourth-order valence-corrected chi connectivity index (χ4v) is 3.53. The number of rotatable bonds is 3. The van der Waals surface area contributed by atoms with Gasteiger partial charge in [-0.15, -0.1) is 0 Å². The predicted octanol–water partition coefficient (Wildman–Crippen LogP) is 4.87. The van der Waals surface area contributed by atoms with E-state index in [0.717, 1.165) is 6.20 Å². The summed E-state index contributed by atoms with van der Waals surface area (Å²) in [5.74, 6) is -0.435. The molecule has 0 aliphatic rings. The molecule has 2 aromatic rings. The molecule has 124 valence electrons. The zero-order valence-corrected chi connectivity index (χ0v) is 15.7. The molecule has 1 amide bonds. The summed E-state index contributed by atoms with van der Waals surface area (Å²) in [6.07, 6.45) is 2.21. The Balaban J connectivity index is 2.34. The van der Waals surface area contributed by atoms with E-state index in [0.29, 0.717) is 26.7 Å². The molecule has 0 aromatic carbocycles. The normalized spacial score (nSPS) is 11.4. The Labute approximate surface area is 146 Å². The maximum absolute atomic E-state index is 13.3. The largest absolute Gasteiger partial charge is 0.443 e. The molecular weight excluding hydrogens is 385 g/mol. The predicted molar refractivity (Wildman–Crippen MR) is 92.3 cm³/mol. The third kappa shape index (κ3) is 4.48. The van der Waals surface area contributed by atoms with E-state index in [4.69, 9.17) is 4.74 Å². The van der Waals surface area contributed by atoms with Gasteiger partial charge < -0.3 is 4.74 Å². The van der Waals surface area contributed by atoms with Crippen molar-refractivity contribution in [2.24, 2.45) is 0 Å². The number of hydrogen-bond acceptors (Lipinski definition) is 5. The number of anilines is 1. The lowest BCUT2D eigenvalue weighted by Gasteiger charge is -2.25. The lowest BCUT2D eigenvalue weighted by atomic mass is 10.2. The summed E-state index contributed by atoms with van der Waals surface area (Å²) in [6, 6.07) is 1.35. The van der Waals surface area contributed by atoms with Gasteiger partial charge in [0.15, 0.2) is 0 Å². The number of ether oxygens (including phenoxy) is 1. The van der Waals surface area contributed by atoms with Crippen molar-refractivity contribution in [3.05, 3.63) is 28.9 Å². The van der Waals surface area contributed by atoms with Crippen LogP contribution in [-0.4, -0.2) is 28.2 Å². The number of halogens is 2. The summed E-state index contributed by atoms with van der Waals surface area (Å²) in [6.45, 7) is 7.70. The first-order chi connectivity index (χ1) is 10.7. The zero-order chi connectivity index (χ0) is 17.2. The molecule has 0 fully saturated rings. The van der Waals surface area contributed by atoms with Gasteiger partial charge in [0.25, 0.3) is 0 Å². The maximum atomic E-state index is 13.3. The van der Waals surface area contributed by atoms with Crippen LogP contribution in [0.25, 0.3) is 10.6 Å². The number of nitrogens with zero attached hydrogens (tertiary/aromatic N) is 3. The number of amides is 1. The summed E-state index contributed by atoms with van der Waals surface area (Å²) in [5.41, 5.74) is -0.0287. The second kappa shape index (κ2) is 6.92. The monoisotopic (exact) mass is 401 g/mol. The van der Waals surface area contributed by atoms with Crippen LogP contribution in [0.4, 0.5) is 14.2 Å². The Kier molecular flexibility index (Phi) is 5.36. The minimum atomic E-state index is -0.586. The van der Waals surface area contributed by atoms with Gasteiger partial charge in [-0.2, -0.15) is 0 Å². The minimum Gasteiger partial charge on any atom is -0.443 e.